The molecule has 1 heterocycles. The molecule has 152 valence electrons. The molecule has 0 saturated carbocycles. The van der Waals surface area contributed by atoms with Crippen molar-refractivity contribution >= 4 is 16.8 Å². The number of hydrogen-bond acceptors (Lipinski definition) is 2. The van der Waals surface area contributed by atoms with Crippen LogP contribution in [-0.4, -0.2) is 17.6 Å². The maximum atomic E-state index is 12.8. The zero-order valence-electron chi connectivity index (χ0n) is 17.6. The highest BCUT2D eigenvalue weighted by Crippen LogP contribution is 2.27. The number of aromatic nitrogens is 1. The van der Waals surface area contributed by atoms with Crippen molar-refractivity contribution in [3.63, 3.8) is 0 Å². The van der Waals surface area contributed by atoms with Crippen LogP contribution >= 0.6 is 0 Å². The molecule has 0 atom stereocenters. The molecule has 0 fully saturated rings. The third-order valence-electron chi connectivity index (χ3n) is 5.72. The first-order chi connectivity index (χ1) is 14.6. The Bertz CT molecular complexity index is 1190. The number of aryl methyl sites for hydroxylation is 1. The van der Waals surface area contributed by atoms with Gasteiger partial charge in [0.2, 0.25) is 0 Å². The van der Waals surface area contributed by atoms with Crippen molar-refractivity contribution in [3.8, 4) is 5.75 Å². The third-order valence-corrected chi connectivity index (χ3v) is 5.72. The normalized spacial score (nSPS) is 10.9. The van der Waals surface area contributed by atoms with Crippen LogP contribution in [0.15, 0.2) is 72.8 Å². The average Bonchev–Trinajstić information content (AvgIpc) is 3.02. The van der Waals surface area contributed by atoms with Crippen LogP contribution in [-0.2, 0) is 13.1 Å². The van der Waals surface area contributed by atoms with E-state index in [0.717, 1.165) is 28.8 Å². The number of ether oxygens (including phenoxy) is 1. The van der Waals surface area contributed by atoms with Gasteiger partial charge in [0.25, 0.3) is 5.91 Å². The molecule has 1 aromatic heterocycles. The maximum absolute atomic E-state index is 12.8. The number of hydrogen-bond donors (Lipinski definition) is 1. The van der Waals surface area contributed by atoms with Crippen LogP contribution in [0, 0.1) is 13.8 Å². The van der Waals surface area contributed by atoms with Gasteiger partial charge in [-0.15, -0.1) is 0 Å². The summed E-state index contributed by atoms with van der Waals surface area (Å²) in [5.74, 6) is 0.688. The molecule has 30 heavy (non-hydrogen) atoms. The molecule has 0 radical (unpaired) electrons. The van der Waals surface area contributed by atoms with Crippen molar-refractivity contribution in [1.29, 1.82) is 0 Å². The zero-order chi connectivity index (χ0) is 21.1. The molecule has 4 heteroatoms. The third kappa shape index (κ3) is 3.81. The van der Waals surface area contributed by atoms with Gasteiger partial charge in [-0.2, -0.15) is 0 Å². The molecule has 0 aliphatic heterocycles. The van der Waals surface area contributed by atoms with Crippen molar-refractivity contribution in [3.05, 3.63) is 101 Å². The fourth-order valence-corrected chi connectivity index (χ4v) is 3.89. The van der Waals surface area contributed by atoms with E-state index in [4.69, 9.17) is 4.74 Å². The number of nitrogens with one attached hydrogen (secondary N) is 1. The first-order valence-electron chi connectivity index (χ1n) is 10.1. The molecule has 0 unspecified atom stereocenters. The van der Waals surface area contributed by atoms with Crippen molar-refractivity contribution < 1.29 is 9.53 Å². The molecule has 4 rings (SSSR count). The summed E-state index contributed by atoms with van der Waals surface area (Å²) in [6.07, 6.45) is 0. The first kappa shape index (κ1) is 19.8. The summed E-state index contributed by atoms with van der Waals surface area (Å²) < 4.78 is 7.68. The Hall–Kier alpha value is -3.53. The fourth-order valence-electron chi connectivity index (χ4n) is 3.89. The lowest BCUT2D eigenvalue weighted by Crippen LogP contribution is -2.23. The first-order valence-corrected chi connectivity index (χ1v) is 10.1. The van der Waals surface area contributed by atoms with E-state index in [2.05, 4.69) is 54.1 Å². The lowest BCUT2D eigenvalue weighted by Gasteiger charge is -2.10. The number of fused-ring (bicyclic) bond motifs is 1. The van der Waals surface area contributed by atoms with Gasteiger partial charge in [0.15, 0.2) is 0 Å². The predicted molar refractivity (Wildman–Crippen MR) is 121 cm³/mol. The summed E-state index contributed by atoms with van der Waals surface area (Å²) in [5, 5.41) is 4.13. The molecule has 0 aliphatic rings. The van der Waals surface area contributed by atoms with Gasteiger partial charge in [-0.3, -0.25) is 4.79 Å². The number of nitrogens with zero attached hydrogens (tertiary/aromatic N) is 1. The van der Waals surface area contributed by atoms with E-state index in [1.807, 2.05) is 42.5 Å². The Morgan fingerprint density at radius 3 is 2.47 bits per heavy atom. The zero-order valence-corrected chi connectivity index (χ0v) is 17.6. The maximum Gasteiger partial charge on any atom is 0.251 e. The minimum Gasteiger partial charge on any atom is -0.496 e. The molecule has 4 aromatic rings. The van der Waals surface area contributed by atoms with Crippen LogP contribution in [0.4, 0.5) is 0 Å². The SMILES string of the molecule is COc1ccccc1CNC(=O)c1ccc2c(c1)c(C)c(C)n2Cc1ccccc1. The van der Waals surface area contributed by atoms with E-state index in [0.29, 0.717) is 12.1 Å². The largest absolute Gasteiger partial charge is 0.496 e. The van der Waals surface area contributed by atoms with Crippen LogP contribution in [0.2, 0.25) is 0 Å². The van der Waals surface area contributed by atoms with E-state index >= 15 is 0 Å². The van der Waals surface area contributed by atoms with E-state index in [9.17, 15) is 4.79 Å². The smallest absolute Gasteiger partial charge is 0.251 e. The topological polar surface area (TPSA) is 43.3 Å². The molecule has 4 nitrogen and oxygen atoms in total. The van der Waals surface area contributed by atoms with Crippen LogP contribution < -0.4 is 10.1 Å². The van der Waals surface area contributed by atoms with Gasteiger partial charge in [-0.05, 0) is 49.2 Å². The van der Waals surface area contributed by atoms with E-state index in [-0.39, 0.29) is 5.91 Å². The van der Waals surface area contributed by atoms with E-state index in [1.165, 1.54) is 16.8 Å². The highest BCUT2D eigenvalue weighted by atomic mass is 16.5. The molecule has 1 N–H and O–H groups in total. The van der Waals surface area contributed by atoms with Gasteiger partial charge in [0.1, 0.15) is 5.75 Å². The molecule has 0 aliphatic carbocycles. The van der Waals surface area contributed by atoms with Crippen LogP contribution in [0.1, 0.15) is 32.7 Å². The van der Waals surface area contributed by atoms with Gasteiger partial charge in [0, 0.05) is 40.8 Å². The summed E-state index contributed by atoms with van der Waals surface area (Å²) in [7, 11) is 1.64. The minimum atomic E-state index is -0.0873. The quantitative estimate of drug-likeness (QED) is 0.482. The standard InChI is InChI=1S/C26H26N2O2/c1-18-19(2)28(17-20-9-5-4-6-10-20)24-14-13-21(15-23(18)24)26(29)27-16-22-11-7-8-12-25(22)30-3/h4-15H,16-17H2,1-3H3,(H,27,29). The molecular formula is C26H26N2O2. The summed E-state index contributed by atoms with van der Waals surface area (Å²) in [4.78, 5) is 12.8. The van der Waals surface area contributed by atoms with Gasteiger partial charge >= 0.3 is 0 Å². The Morgan fingerprint density at radius 1 is 0.967 bits per heavy atom. The van der Waals surface area contributed by atoms with Crippen molar-refractivity contribution in [2.75, 3.05) is 7.11 Å². The average molecular weight is 399 g/mol. The second kappa shape index (κ2) is 8.46. The van der Waals surface area contributed by atoms with Crippen molar-refractivity contribution in [2.45, 2.75) is 26.9 Å². The van der Waals surface area contributed by atoms with Gasteiger partial charge in [-0.1, -0.05) is 48.5 Å². The molecule has 1 amide bonds. The Morgan fingerprint density at radius 2 is 1.70 bits per heavy atom. The number of carbonyl (C=O) groups excluding carboxylic acids is 1. The fraction of sp³-hybridized carbons (Fsp3) is 0.192. The number of rotatable bonds is 6. The van der Waals surface area contributed by atoms with Crippen molar-refractivity contribution in [2.24, 2.45) is 0 Å². The summed E-state index contributed by atoms with van der Waals surface area (Å²) in [6, 6.07) is 24.1. The monoisotopic (exact) mass is 398 g/mol. The van der Waals surface area contributed by atoms with Gasteiger partial charge in [0.05, 0.1) is 7.11 Å². The summed E-state index contributed by atoms with van der Waals surface area (Å²) in [6.45, 7) is 5.50. The van der Waals surface area contributed by atoms with Gasteiger partial charge < -0.3 is 14.6 Å². The number of methoxy groups -OCH3 is 1. The molecule has 3 aromatic carbocycles. The minimum absolute atomic E-state index is 0.0873. The van der Waals surface area contributed by atoms with Crippen LogP contribution in [0.5, 0.6) is 5.75 Å². The van der Waals surface area contributed by atoms with Crippen LogP contribution in [0.3, 0.4) is 0 Å². The number of benzene rings is 3. The molecule has 0 spiro atoms. The van der Waals surface area contributed by atoms with Crippen molar-refractivity contribution in [1.82, 2.24) is 9.88 Å². The number of amides is 1. The molecular weight excluding hydrogens is 372 g/mol. The molecule has 0 bridgehead atoms. The Kier molecular flexibility index (Phi) is 5.57. The number of para-hydroxylation sites is 1. The predicted octanol–water partition coefficient (Wildman–Crippen LogP) is 5.25. The lowest BCUT2D eigenvalue weighted by atomic mass is 10.1. The Balaban J connectivity index is 1.59. The highest BCUT2D eigenvalue weighted by Gasteiger charge is 2.14. The van der Waals surface area contributed by atoms with E-state index < -0.39 is 0 Å². The Labute approximate surface area is 177 Å². The van der Waals surface area contributed by atoms with Gasteiger partial charge in [-0.25, -0.2) is 0 Å². The summed E-state index contributed by atoms with van der Waals surface area (Å²) >= 11 is 0. The lowest BCUT2D eigenvalue weighted by molar-refractivity contribution is 0.0951. The second-order valence-electron chi connectivity index (χ2n) is 7.51. The number of carbonyl (C=O) groups is 1. The molecule has 0 saturated heterocycles. The van der Waals surface area contributed by atoms with E-state index in [1.54, 1.807) is 7.11 Å². The highest BCUT2D eigenvalue weighted by molar-refractivity contribution is 5.99. The summed E-state index contributed by atoms with van der Waals surface area (Å²) in [5.41, 5.74) is 6.46. The second-order valence-corrected chi connectivity index (χ2v) is 7.51. The van der Waals surface area contributed by atoms with Crippen LogP contribution in [0.25, 0.3) is 10.9 Å².